The highest BCUT2D eigenvalue weighted by molar-refractivity contribution is 5.99. The number of amides is 1. The van der Waals surface area contributed by atoms with E-state index in [1.54, 1.807) is 12.4 Å². The van der Waals surface area contributed by atoms with Crippen LogP contribution in [0.1, 0.15) is 55.8 Å². The molecule has 21 heavy (non-hydrogen) atoms. The number of nitrogens with one attached hydrogen (secondary N) is 1. The van der Waals surface area contributed by atoms with Crippen LogP contribution in [0.3, 0.4) is 0 Å². The van der Waals surface area contributed by atoms with Gasteiger partial charge in [-0.1, -0.05) is 12.8 Å². The second kappa shape index (κ2) is 6.46. The number of anilines is 1. The molecule has 2 aliphatic rings. The minimum atomic E-state index is 0.185. The molecule has 0 bridgehead atoms. The molecule has 0 radical (unpaired) electrons. The van der Waals surface area contributed by atoms with Crippen molar-refractivity contribution < 1.29 is 4.79 Å². The van der Waals surface area contributed by atoms with E-state index in [2.05, 4.69) is 15.2 Å². The first-order valence-corrected chi connectivity index (χ1v) is 8.30. The van der Waals surface area contributed by atoms with Crippen LogP contribution < -0.4 is 5.32 Å². The second-order valence-electron chi connectivity index (χ2n) is 6.20. The lowest BCUT2D eigenvalue weighted by molar-refractivity contribution is 0.0391. The van der Waals surface area contributed by atoms with Crippen LogP contribution in [0.4, 0.5) is 5.69 Å². The van der Waals surface area contributed by atoms with Crippen LogP contribution in [0.15, 0.2) is 18.5 Å². The standard InChI is InChI=1S/C17H25N3O/c1-2-19-15-12-18-10-9-14(15)17(21)20-11-5-7-13-6-3-4-8-16(13)20/h9-10,12-13,16,19H,2-8,11H2,1H3/t13-,16-/m1/s1. The van der Waals surface area contributed by atoms with Gasteiger partial charge in [0.2, 0.25) is 0 Å². The summed E-state index contributed by atoms with van der Waals surface area (Å²) in [6.07, 6.45) is 11.0. The maximum Gasteiger partial charge on any atom is 0.256 e. The molecule has 4 heteroatoms. The van der Waals surface area contributed by atoms with Gasteiger partial charge in [0.05, 0.1) is 17.4 Å². The van der Waals surface area contributed by atoms with Crippen LogP contribution in [0.25, 0.3) is 0 Å². The minimum Gasteiger partial charge on any atom is -0.383 e. The smallest absolute Gasteiger partial charge is 0.256 e. The Hall–Kier alpha value is -1.58. The fraction of sp³-hybridized carbons (Fsp3) is 0.647. The molecule has 1 amide bonds. The summed E-state index contributed by atoms with van der Waals surface area (Å²) in [5, 5.41) is 3.26. The summed E-state index contributed by atoms with van der Waals surface area (Å²) in [7, 11) is 0. The highest BCUT2D eigenvalue weighted by Gasteiger charge is 2.36. The Bertz CT molecular complexity index is 501. The number of hydrogen-bond acceptors (Lipinski definition) is 3. The van der Waals surface area contributed by atoms with E-state index in [9.17, 15) is 4.79 Å². The maximum atomic E-state index is 13.0. The molecule has 4 nitrogen and oxygen atoms in total. The fourth-order valence-electron chi connectivity index (χ4n) is 3.94. The monoisotopic (exact) mass is 287 g/mol. The van der Waals surface area contributed by atoms with Crippen LogP contribution in [-0.2, 0) is 0 Å². The molecule has 0 spiro atoms. The van der Waals surface area contributed by atoms with Crippen molar-refractivity contribution in [2.75, 3.05) is 18.4 Å². The van der Waals surface area contributed by atoms with Gasteiger partial charge in [0.25, 0.3) is 5.91 Å². The Labute approximate surface area is 126 Å². The Morgan fingerprint density at radius 3 is 3.00 bits per heavy atom. The number of rotatable bonds is 3. The van der Waals surface area contributed by atoms with Crippen molar-refractivity contribution in [3.8, 4) is 0 Å². The Balaban J connectivity index is 1.83. The second-order valence-corrected chi connectivity index (χ2v) is 6.20. The lowest BCUT2D eigenvalue weighted by Crippen LogP contribution is -2.49. The van der Waals surface area contributed by atoms with E-state index in [4.69, 9.17) is 0 Å². The third-order valence-corrected chi connectivity index (χ3v) is 4.92. The lowest BCUT2D eigenvalue weighted by Gasteiger charge is -2.44. The molecule has 114 valence electrons. The molecule has 0 unspecified atom stereocenters. The normalized spacial score (nSPS) is 25.3. The molecular weight excluding hydrogens is 262 g/mol. The zero-order valence-electron chi connectivity index (χ0n) is 12.8. The van der Waals surface area contributed by atoms with Crippen molar-refractivity contribution in [1.82, 2.24) is 9.88 Å². The van der Waals surface area contributed by atoms with Crippen molar-refractivity contribution in [3.05, 3.63) is 24.0 Å². The topological polar surface area (TPSA) is 45.2 Å². The Morgan fingerprint density at radius 2 is 2.14 bits per heavy atom. The van der Waals surface area contributed by atoms with Gasteiger partial charge in [0, 0.05) is 25.3 Å². The number of aromatic nitrogens is 1. The van der Waals surface area contributed by atoms with Gasteiger partial charge in [0.1, 0.15) is 0 Å². The molecular formula is C17H25N3O. The van der Waals surface area contributed by atoms with Crippen molar-refractivity contribution in [3.63, 3.8) is 0 Å². The summed E-state index contributed by atoms with van der Waals surface area (Å²) >= 11 is 0. The SMILES string of the molecule is CCNc1cnccc1C(=O)N1CCC[C@H]2CCCC[C@H]21. The molecule has 1 saturated heterocycles. The number of fused-ring (bicyclic) bond motifs is 1. The van der Waals surface area contributed by atoms with E-state index in [1.165, 1.54) is 32.1 Å². The van der Waals surface area contributed by atoms with Gasteiger partial charge >= 0.3 is 0 Å². The van der Waals surface area contributed by atoms with Gasteiger partial charge in [-0.15, -0.1) is 0 Å². The van der Waals surface area contributed by atoms with Crippen LogP contribution in [0, 0.1) is 5.92 Å². The first-order chi connectivity index (χ1) is 10.3. The number of carbonyl (C=O) groups is 1. The van der Waals surface area contributed by atoms with E-state index in [-0.39, 0.29) is 5.91 Å². The Kier molecular flexibility index (Phi) is 4.42. The summed E-state index contributed by atoms with van der Waals surface area (Å²) in [6, 6.07) is 2.31. The zero-order valence-corrected chi connectivity index (χ0v) is 12.8. The molecule has 3 rings (SSSR count). The number of pyridine rings is 1. The summed E-state index contributed by atoms with van der Waals surface area (Å²) in [5.41, 5.74) is 1.64. The van der Waals surface area contributed by atoms with E-state index in [0.717, 1.165) is 36.7 Å². The van der Waals surface area contributed by atoms with Gasteiger partial charge in [-0.3, -0.25) is 9.78 Å². The number of likely N-dealkylation sites (tertiary alicyclic amines) is 1. The molecule has 2 atom stereocenters. The molecule has 2 fully saturated rings. The molecule has 1 N–H and O–H groups in total. The average molecular weight is 287 g/mol. The summed E-state index contributed by atoms with van der Waals surface area (Å²) in [4.78, 5) is 19.3. The van der Waals surface area contributed by atoms with E-state index < -0.39 is 0 Å². The fourth-order valence-corrected chi connectivity index (χ4v) is 3.94. The lowest BCUT2D eigenvalue weighted by atomic mass is 9.78. The highest BCUT2D eigenvalue weighted by Crippen LogP contribution is 2.36. The zero-order chi connectivity index (χ0) is 14.7. The summed E-state index contributed by atoms with van der Waals surface area (Å²) in [6.45, 7) is 3.76. The van der Waals surface area contributed by atoms with Gasteiger partial charge in [0.15, 0.2) is 0 Å². The third-order valence-electron chi connectivity index (χ3n) is 4.92. The molecule has 1 aliphatic carbocycles. The molecule has 0 aromatic carbocycles. The maximum absolute atomic E-state index is 13.0. The van der Waals surface area contributed by atoms with Crippen LogP contribution in [0.2, 0.25) is 0 Å². The predicted molar refractivity (Wildman–Crippen MR) is 84.4 cm³/mol. The highest BCUT2D eigenvalue weighted by atomic mass is 16.2. The van der Waals surface area contributed by atoms with E-state index in [1.807, 2.05) is 13.0 Å². The van der Waals surface area contributed by atoms with Crippen molar-refractivity contribution in [1.29, 1.82) is 0 Å². The van der Waals surface area contributed by atoms with E-state index >= 15 is 0 Å². The van der Waals surface area contributed by atoms with E-state index in [0.29, 0.717) is 6.04 Å². The quantitative estimate of drug-likeness (QED) is 0.927. The third kappa shape index (κ3) is 2.89. The average Bonchev–Trinajstić information content (AvgIpc) is 2.54. The van der Waals surface area contributed by atoms with Crippen molar-refractivity contribution in [2.45, 2.75) is 51.5 Å². The van der Waals surface area contributed by atoms with Gasteiger partial charge in [-0.05, 0) is 44.6 Å². The summed E-state index contributed by atoms with van der Waals surface area (Å²) in [5.74, 6) is 0.908. The molecule has 1 saturated carbocycles. The first-order valence-electron chi connectivity index (χ1n) is 8.30. The molecule has 1 aromatic rings. The largest absolute Gasteiger partial charge is 0.383 e. The Morgan fingerprint density at radius 1 is 1.33 bits per heavy atom. The summed E-state index contributed by atoms with van der Waals surface area (Å²) < 4.78 is 0. The first kappa shape index (κ1) is 14.4. The number of nitrogens with zero attached hydrogens (tertiary/aromatic N) is 2. The van der Waals surface area contributed by atoms with Crippen LogP contribution in [-0.4, -0.2) is 34.9 Å². The number of hydrogen-bond donors (Lipinski definition) is 1. The van der Waals surface area contributed by atoms with Crippen molar-refractivity contribution in [2.24, 2.45) is 5.92 Å². The minimum absolute atomic E-state index is 0.185. The molecule has 2 heterocycles. The number of piperidine rings is 1. The molecule has 1 aliphatic heterocycles. The predicted octanol–water partition coefficient (Wildman–Crippen LogP) is 3.31. The van der Waals surface area contributed by atoms with Crippen molar-refractivity contribution >= 4 is 11.6 Å². The van der Waals surface area contributed by atoms with Gasteiger partial charge in [-0.25, -0.2) is 0 Å². The van der Waals surface area contributed by atoms with Gasteiger partial charge < -0.3 is 10.2 Å². The van der Waals surface area contributed by atoms with Gasteiger partial charge in [-0.2, -0.15) is 0 Å². The molecule has 1 aromatic heterocycles. The van der Waals surface area contributed by atoms with Crippen LogP contribution in [0.5, 0.6) is 0 Å². The number of carbonyl (C=O) groups excluding carboxylic acids is 1. The van der Waals surface area contributed by atoms with Crippen LogP contribution >= 0.6 is 0 Å².